The van der Waals surface area contributed by atoms with Crippen molar-refractivity contribution in [3.8, 4) is 28.8 Å². The van der Waals surface area contributed by atoms with Crippen molar-refractivity contribution in [2.45, 2.75) is 50.6 Å². The lowest BCUT2D eigenvalue weighted by Crippen LogP contribution is -2.31. The van der Waals surface area contributed by atoms with Crippen molar-refractivity contribution in [3.05, 3.63) is 83.1 Å². The summed E-state index contributed by atoms with van der Waals surface area (Å²) < 4.78 is 77.4. The third kappa shape index (κ3) is 6.86. The van der Waals surface area contributed by atoms with Gasteiger partial charge in [-0.25, -0.2) is 22.0 Å². The van der Waals surface area contributed by atoms with Crippen molar-refractivity contribution < 1.29 is 31.2 Å². The van der Waals surface area contributed by atoms with Gasteiger partial charge in [0.25, 0.3) is 18.2 Å². The Hall–Kier alpha value is -4.70. The van der Waals surface area contributed by atoms with Gasteiger partial charge in [-0.2, -0.15) is 5.26 Å². The Morgan fingerprint density at radius 3 is 2.40 bits per heavy atom. The molecule has 2 aromatic heterocycles. The molecule has 0 fully saturated rings. The van der Waals surface area contributed by atoms with Crippen LogP contribution in [0.15, 0.2) is 59.1 Å². The maximum atomic E-state index is 15.4. The van der Waals surface area contributed by atoms with E-state index in [2.05, 4.69) is 15.2 Å². The molecule has 2 N–H and O–H groups in total. The second-order valence-electron chi connectivity index (χ2n) is 10.5. The van der Waals surface area contributed by atoms with Gasteiger partial charge in [0.2, 0.25) is 5.89 Å². The molecule has 4 aromatic rings. The molecule has 0 radical (unpaired) electrons. The van der Waals surface area contributed by atoms with Crippen LogP contribution in [0.5, 0.6) is 0 Å². The molecule has 1 unspecified atom stereocenters. The van der Waals surface area contributed by atoms with E-state index >= 15 is 13.2 Å². The monoisotopic (exact) mass is 598 g/mol. The molecule has 0 saturated heterocycles. The second kappa shape index (κ2) is 12.3. The molecule has 2 heterocycles. The van der Waals surface area contributed by atoms with Crippen LogP contribution in [-0.2, 0) is 22.7 Å². The number of pyridine rings is 1. The molecular formula is C30H27F5N6O2. The number of aldehydes is 1. The largest absolute Gasteiger partial charge is 0.419 e. The summed E-state index contributed by atoms with van der Waals surface area (Å²) in [5.41, 5.74) is 4.86. The number of anilines is 1. The number of nitrogens with two attached hydrogens (primary N) is 1. The Morgan fingerprint density at radius 1 is 1.12 bits per heavy atom. The topological polar surface area (TPSA) is 122 Å². The van der Waals surface area contributed by atoms with Gasteiger partial charge in [-0.1, -0.05) is 24.3 Å². The Labute approximate surface area is 244 Å². The van der Waals surface area contributed by atoms with Crippen molar-refractivity contribution >= 4 is 12.0 Å². The minimum absolute atomic E-state index is 0.0795. The summed E-state index contributed by atoms with van der Waals surface area (Å²) in [6, 6.07) is 11.9. The third-order valence-electron chi connectivity index (χ3n) is 6.73. The standard InChI is InChI=1S/C30H27F5N6O2/c1-29(2,16-36)28-40-39-27(43-28)21-10-25(22(11-23(21)31)30(34,35)12-20(37)15-42)41(3)14-17-4-6-18(7-5-17)24-9-8-19(13-38-24)26(32)33/h4-11,13,15,20,26H,12,14,37H2,1-3H3. The van der Waals surface area contributed by atoms with E-state index in [1.165, 1.54) is 37.9 Å². The molecule has 0 bridgehead atoms. The Balaban J connectivity index is 1.70. The summed E-state index contributed by atoms with van der Waals surface area (Å²) in [5.74, 6) is -5.15. The van der Waals surface area contributed by atoms with Crippen LogP contribution in [0.3, 0.4) is 0 Å². The molecule has 8 nitrogen and oxygen atoms in total. The van der Waals surface area contributed by atoms with Gasteiger partial charge in [0, 0.05) is 48.6 Å². The van der Waals surface area contributed by atoms with E-state index in [4.69, 9.17) is 10.2 Å². The van der Waals surface area contributed by atoms with E-state index in [1.54, 1.807) is 24.3 Å². The highest BCUT2D eigenvalue weighted by Gasteiger charge is 2.38. The average Bonchev–Trinajstić information content (AvgIpc) is 3.48. The summed E-state index contributed by atoms with van der Waals surface area (Å²) in [7, 11) is 1.52. The number of benzene rings is 2. The fourth-order valence-electron chi connectivity index (χ4n) is 4.27. The van der Waals surface area contributed by atoms with Gasteiger partial charge in [0.05, 0.1) is 23.4 Å². The molecule has 4 rings (SSSR count). The number of hydrogen-bond donors (Lipinski definition) is 1. The summed E-state index contributed by atoms with van der Waals surface area (Å²) >= 11 is 0. The Bertz CT molecular complexity index is 1630. The van der Waals surface area contributed by atoms with Gasteiger partial charge in [-0.3, -0.25) is 4.98 Å². The number of aromatic nitrogens is 3. The van der Waals surface area contributed by atoms with Crippen molar-refractivity contribution in [2.24, 2.45) is 5.73 Å². The summed E-state index contributed by atoms with van der Waals surface area (Å²) in [6.07, 6.45) is -2.40. The smallest absolute Gasteiger partial charge is 0.277 e. The lowest BCUT2D eigenvalue weighted by Gasteiger charge is -2.28. The van der Waals surface area contributed by atoms with Crippen LogP contribution in [0, 0.1) is 17.1 Å². The first kappa shape index (κ1) is 31.2. The van der Waals surface area contributed by atoms with Crippen LogP contribution in [-0.4, -0.2) is 34.6 Å². The van der Waals surface area contributed by atoms with E-state index in [0.717, 1.165) is 12.3 Å². The normalized spacial score (nSPS) is 12.7. The van der Waals surface area contributed by atoms with E-state index < -0.39 is 41.6 Å². The zero-order chi connectivity index (χ0) is 31.5. The van der Waals surface area contributed by atoms with Crippen molar-refractivity contribution in [3.63, 3.8) is 0 Å². The zero-order valence-electron chi connectivity index (χ0n) is 23.4. The summed E-state index contributed by atoms with van der Waals surface area (Å²) in [5, 5.41) is 17.0. The number of halogens is 5. The zero-order valence-corrected chi connectivity index (χ0v) is 23.4. The van der Waals surface area contributed by atoms with E-state index in [0.29, 0.717) is 22.9 Å². The van der Waals surface area contributed by atoms with E-state index in [-0.39, 0.29) is 41.4 Å². The minimum atomic E-state index is -3.69. The SMILES string of the molecule is CN(Cc1ccc(-c2ccc(C(F)F)cn2)cc1)c1cc(-c2nnc(C(C)(C)C#N)o2)c(F)cc1C(F)(F)CC(N)C=O. The molecule has 13 heteroatoms. The molecule has 1 atom stereocenters. The molecule has 0 aliphatic carbocycles. The Morgan fingerprint density at radius 2 is 1.81 bits per heavy atom. The van der Waals surface area contributed by atoms with Gasteiger partial charge >= 0.3 is 0 Å². The summed E-state index contributed by atoms with van der Waals surface area (Å²) in [4.78, 5) is 16.6. The molecule has 0 aliphatic rings. The van der Waals surface area contributed by atoms with Crippen LogP contribution in [0.1, 0.15) is 49.3 Å². The number of hydrogen-bond acceptors (Lipinski definition) is 8. The van der Waals surface area contributed by atoms with Crippen LogP contribution in [0.25, 0.3) is 22.7 Å². The summed E-state index contributed by atoms with van der Waals surface area (Å²) in [6.45, 7) is 3.14. The predicted molar refractivity (Wildman–Crippen MR) is 148 cm³/mol. The lowest BCUT2D eigenvalue weighted by atomic mass is 9.96. The first-order chi connectivity index (χ1) is 20.3. The fourth-order valence-corrected chi connectivity index (χ4v) is 4.27. The number of carbonyl (C=O) groups is 1. The number of nitrogens with zero attached hydrogens (tertiary/aromatic N) is 5. The molecular weight excluding hydrogens is 571 g/mol. The van der Waals surface area contributed by atoms with E-state index in [9.17, 15) is 18.8 Å². The van der Waals surface area contributed by atoms with Gasteiger partial charge < -0.3 is 19.8 Å². The first-order valence-corrected chi connectivity index (χ1v) is 13.0. The molecule has 0 amide bonds. The number of rotatable bonds is 11. The van der Waals surface area contributed by atoms with Crippen LogP contribution < -0.4 is 10.6 Å². The third-order valence-corrected chi connectivity index (χ3v) is 6.73. The quantitative estimate of drug-likeness (QED) is 0.157. The molecule has 0 spiro atoms. The molecule has 43 heavy (non-hydrogen) atoms. The van der Waals surface area contributed by atoms with E-state index in [1.807, 2.05) is 6.07 Å². The molecule has 0 aliphatic heterocycles. The highest BCUT2D eigenvalue weighted by molar-refractivity contribution is 5.68. The Kier molecular flexibility index (Phi) is 8.91. The van der Waals surface area contributed by atoms with Crippen LogP contribution in [0.2, 0.25) is 0 Å². The van der Waals surface area contributed by atoms with Gasteiger partial charge in [0.15, 0.2) is 0 Å². The highest BCUT2D eigenvalue weighted by Crippen LogP contribution is 2.42. The van der Waals surface area contributed by atoms with Gasteiger partial charge in [-0.05, 0) is 43.7 Å². The lowest BCUT2D eigenvalue weighted by molar-refractivity contribution is -0.111. The van der Waals surface area contributed by atoms with Gasteiger partial charge in [0.1, 0.15) is 17.5 Å². The number of alkyl halides is 4. The first-order valence-electron chi connectivity index (χ1n) is 13.0. The number of carbonyl (C=O) groups excluding carboxylic acids is 1. The molecule has 0 saturated carbocycles. The maximum Gasteiger partial charge on any atom is 0.277 e. The number of nitriles is 1. The molecule has 2 aromatic carbocycles. The fraction of sp³-hybridized carbons (Fsp3) is 0.300. The predicted octanol–water partition coefficient (Wildman–Crippen LogP) is 6.32. The highest BCUT2D eigenvalue weighted by atomic mass is 19.3. The van der Waals surface area contributed by atoms with Crippen LogP contribution in [0.4, 0.5) is 27.6 Å². The molecule has 224 valence electrons. The average molecular weight is 599 g/mol. The minimum Gasteiger partial charge on any atom is -0.419 e. The second-order valence-corrected chi connectivity index (χ2v) is 10.5. The van der Waals surface area contributed by atoms with Crippen molar-refractivity contribution in [1.29, 1.82) is 5.26 Å². The maximum absolute atomic E-state index is 15.4. The van der Waals surface area contributed by atoms with Crippen molar-refractivity contribution in [1.82, 2.24) is 15.2 Å². The van der Waals surface area contributed by atoms with Crippen molar-refractivity contribution in [2.75, 3.05) is 11.9 Å². The van der Waals surface area contributed by atoms with Gasteiger partial charge in [-0.15, -0.1) is 10.2 Å². The van der Waals surface area contributed by atoms with Crippen LogP contribution >= 0.6 is 0 Å².